The lowest BCUT2D eigenvalue weighted by Gasteiger charge is -2.23. The summed E-state index contributed by atoms with van der Waals surface area (Å²) in [6.45, 7) is 6.06. The normalized spacial score (nSPS) is 12.3. The highest BCUT2D eigenvalue weighted by Crippen LogP contribution is 2.22. The highest BCUT2D eigenvalue weighted by molar-refractivity contribution is 5.78. The molecule has 1 N–H and O–H groups in total. The van der Waals surface area contributed by atoms with E-state index in [1.54, 1.807) is 24.3 Å². The number of hydrogen-bond donors (Lipinski definition) is 1. The summed E-state index contributed by atoms with van der Waals surface area (Å²) in [4.78, 5) is 25.1. The lowest BCUT2D eigenvalue weighted by atomic mass is 9.95. The van der Waals surface area contributed by atoms with Crippen molar-refractivity contribution in [3.05, 3.63) is 70.0 Å². The number of aromatic nitrogens is 3. The average Bonchev–Trinajstić information content (AvgIpc) is 2.68. The van der Waals surface area contributed by atoms with Crippen molar-refractivity contribution in [2.45, 2.75) is 39.8 Å². The van der Waals surface area contributed by atoms with E-state index < -0.39 is 0 Å². The third-order valence-corrected chi connectivity index (χ3v) is 4.65. The number of hydrogen-bond acceptors (Lipinski definition) is 4. The van der Waals surface area contributed by atoms with E-state index in [1.807, 2.05) is 12.1 Å². The Balaban J connectivity index is 1.78. The van der Waals surface area contributed by atoms with Crippen molar-refractivity contribution in [3.63, 3.8) is 0 Å². The number of carbonyl (C=O) groups is 1. The van der Waals surface area contributed by atoms with Crippen LogP contribution in [0.15, 0.2) is 53.3 Å². The summed E-state index contributed by atoms with van der Waals surface area (Å²) in [5, 5.41) is 11.4. The molecular formula is C21H24N4O2. The largest absolute Gasteiger partial charge is 0.347 e. The Bertz CT molecular complexity index is 993. The molecule has 0 saturated carbocycles. The molecule has 1 aromatic heterocycles. The molecule has 140 valence electrons. The molecule has 0 aliphatic heterocycles. The molecule has 1 heterocycles. The Kier molecular flexibility index (Phi) is 5.64. The molecule has 6 heteroatoms. The topological polar surface area (TPSA) is 76.9 Å². The summed E-state index contributed by atoms with van der Waals surface area (Å²) in [6.07, 6.45) is 0.975. The van der Waals surface area contributed by atoms with Crippen molar-refractivity contribution < 1.29 is 4.79 Å². The van der Waals surface area contributed by atoms with Crippen LogP contribution in [0, 0.1) is 5.92 Å². The van der Waals surface area contributed by atoms with Crippen LogP contribution < -0.4 is 10.9 Å². The molecule has 3 rings (SSSR count). The first kappa shape index (κ1) is 18.8. The van der Waals surface area contributed by atoms with E-state index in [0.717, 1.165) is 16.7 Å². The summed E-state index contributed by atoms with van der Waals surface area (Å²) in [5.41, 5.74) is 2.51. The van der Waals surface area contributed by atoms with Gasteiger partial charge >= 0.3 is 0 Å². The fourth-order valence-corrected chi connectivity index (χ4v) is 3.08. The standard InChI is InChI=1S/C21H24N4O2/c1-4-15-9-11-16(12-10-15)20(14(2)3)22-19(26)13-25-21(27)17-7-5-6-8-18(17)23-24-25/h5-12,14,20H,4,13H2,1-3H3,(H,22,26)/t20-/m1/s1. The van der Waals surface area contributed by atoms with Crippen LogP contribution >= 0.6 is 0 Å². The van der Waals surface area contributed by atoms with E-state index in [2.05, 4.69) is 48.5 Å². The number of benzene rings is 2. The van der Waals surface area contributed by atoms with E-state index >= 15 is 0 Å². The average molecular weight is 364 g/mol. The first-order chi connectivity index (χ1) is 13.0. The van der Waals surface area contributed by atoms with Crippen molar-refractivity contribution in [2.24, 2.45) is 5.92 Å². The fourth-order valence-electron chi connectivity index (χ4n) is 3.08. The second kappa shape index (κ2) is 8.12. The minimum Gasteiger partial charge on any atom is -0.347 e. The maximum atomic E-state index is 12.6. The number of aryl methyl sites for hydroxylation is 1. The van der Waals surface area contributed by atoms with Gasteiger partial charge in [0.1, 0.15) is 12.1 Å². The smallest absolute Gasteiger partial charge is 0.278 e. The number of amides is 1. The Morgan fingerprint density at radius 2 is 1.81 bits per heavy atom. The van der Waals surface area contributed by atoms with Crippen LogP contribution in [0.5, 0.6) is 0 Å². The molecule has 0 unspecified atom stereocenters. The van der Waals surface area contributed by atoms with Crippen molar-refractivity contribution in [1.82, 2.24) is 20.3 Å². The van der Waals surface area contributed by atoms with Crippen LogP contribution in [0.3, 0.4) is 0 Å². The number of nitrogens with zero attached hydrogens (tertiary/aromatic N) is 3. The van der Waals surface area contributed by atoms with Gasteiger partial charge < -0.3 is 5.32 Å². The predicted octanol–water partition coefficient (Wildman–Crippen LogP) is 2.87. The van der Waals surface area contributed by atoms with Crippen LogP contribution in [-0.2, 0) is 17.8 Å². The summed E-state index contributed by atoms with van der Waals surface area (Å²) < 4.78 is 1.11. The summed E-state index contributed by atoms with van der Waals surface area (Å²) >= 11 is 0. The molecule has 3 aromatic rings. The molecule has 2 aromatic carbocycles. The van der Waals surface area contributed by atoms with Crippen molar-refractivity contribution in [3.8, 4) is 0 Å². The van der Waals surface area contributed by atoms with Crippen LogP contribution in [0.4, 0.5) is 0 Å². The molecule has 0 radical (unpaired) electrons. The van der Waals surface area contributed by atoms with E-state index in [-0.39, 0.29) is 30.0 Å². The van der Waals surface area contributed by atoms with Gasteiger partial charge in [0.15, 0.2) is 0 Å². The molecule has 6 nitrogen and oxygen atoms in total. The minimum atomic E-state index is -0.316. The molecular weight excluding hydrogens is 340 g/mol. The van der Waals surface area contributed by atoms with E-state index in [1.165, 1.54) is 5.56 Å². The van der Waals surface area contributed by atoms with Crippen LogP contribution in [-0.4, -0.2) is 20.9 Å². The van der Waals surface area contributed by atoms with Crippen LogP contribution in [0.1, 0.15) is 37.9 Å². The molecule has 0 bridgehead atoms. The highest BCUT2D eigenvalue weighted by Gasteiger charge is 2.19. The number of rotatable bonds is 6. The van der Waals surface area contributed by atoms with Gasteiger partial charge in [-0.2, -0.15) is 0 Å². The van der Waals surface area contributed by atoms with Gasteiger partial charge in [-0.1, -0.05) is 62.4 Å². The van der Waals surface area contributed by atoms with Crippen molar-refractivity contribution in [1.29, 1.82) is 0 Å². The zero-order valence-electron chi connectivity index (χ0n) is 15.8. The zero-order valence-corrected chi connectivity index (χ0v) is 15.8. The van der Waals surface area contributed by atoms with Crippen molar-refractivity contribution in [2.75, 3.05) is 0 Å². The maximum Gasteiger partial charge on any atom is 0.278 e. The molecule has 0 fully saturated rings. The summed E-state index contributed by atoms with van der Waals surface area (Å²) in [5.74, 6) is -0.0548. The second-order valence-corrected chi connectivity index (χ2v) is 6.95. The van der Waals surface area contributed by atoms with E-state index in [0.29, 0.717) is 10.9 Å². The molecule has 0 aliphatic rings. The zero-order chi connectivity index (χ0) is 19.4. The Labute approximate surface area is 158 Å². The molecule has 0 aliphatic carbocycles. The fraction of sp³-hybridized carbons (Fsp3) is 0.333. The lowest BCUT2D eigenvalue weighted by molar-refractivity contribution is -0.123. The highest BCUT2D eigenvalue weighted by atomic mass is 16.2. The van der Waals surface area contributed by atoms with Gasteiger partial charge in [-0.25, -0.2) is 4.68 Å². The minimum absolute atomic E-state index is 0.132. The number of carbonyl (C=O) groups excluding carboxylic acids is 1. The Morgan fingerprint density at radius 3 is 2.48 bits per heavy atom. The Morgan fingerprint density at radius 1 is 1.11 bits per heavy atom. The SMILES string of the molecule is CCc1ccc([C@H](NC(=O)Cn2nnc3ccccc3c2=O)C(C)C)cc1. The first-order valence-electron chi connectivity index (χ1n) is 9.20. The Hall–Kier alpha value is -3.02. The summed E-state index contributed by atoms with van der Waals surface area (Å²) in [7, 11) is 0. The van der Waals surface area contributed by atoms with Gasteiger partial charge in [0.25, 0.3) is 5.56 Å². The molecule has 1 amide bonds. The van der Waals surface area contributed by atoms with Gasteiger partial charge in [0.2, 0.25) is 5.91 Å². The van der Waals surface area contributed by atoms with Gasteiger partial charge in [-0.05, 0) is 35.6 Å². The van der Waals surface area contributed by atoms with Crippen molar-refractivity contribution >= 4 is 16.8 Å². The van der Waals surface area contributed by atoms with E-state index in [4.69, 9.17) is 0 Å². The van der Waals surface area contributed by atoms with Gasteiger partial charge in [-0.3, -0.25) is 9.59 Å². The molecule has 0 saturated heterocycles. The van der Waals surface area contributed by atoms with Crippen LogP contribution in [0.25, 0.3) is 10.9 Å². The molecule has 1 atom stereocenters. The van der Waals surface area contributed by atoms with E-state index in [9.17, 15) is 9.59 Å². The number of fused-ring (bicyclic) bond motifs is 1. The molecule has 0 spiro atoms. The monoisotopic (exact) mass is 364 g/mol. The third kappa shape index (κ3) is 4.22. The first-order valence-corrected chi connectivity index (χ1v) is 9.20. The second-order valence-electron chi connectivity index (χ2n) is 6.95. The predicted molar refractivity (Wildman–Crippen MR) is 105 cm³/mol. The summed E-state index contributed by atoms with van der Waals surface area (Å²) in [6, 6.07) is 15.1. The molecule has 27 heavy (non-hydrogen) atoms. The van der Waals surface area contributed by atoms with Gasteiger partial charge in [-0.15, -0.1) is 5.10 Å². The quantitative estimate of drug-likeness (QED) is 0.730. The van der Waals surface area contributed by atoms with Gasteiger partial charge in [0.05, 0.1) is 11.4 Å². The number of nitrogens with one attached hydrogen (secondary N) is 1. The maximum absolute atomic E-state index is 12.6. The lowest BCUT2D eigenvalue weighted by Crippen LogP contribution is -2.37. The van der Waals surface area contributed by atoms with Crippen LogP contribution in [0.2, 0.25) is 0 Å². The third-order valence-electron chi connectivity index (χ3n) is 4.65. The van der Waals surface area contributed by atoms with Gasteiger partial charge in [0, 0.05) is 0 Å².